The SMILES string of the molecule is COc1ccc(NC(=O)N2CC3CC4CC(C3)CC2C4)cc1N1CCCC1=O. The molecule has 2 saturated carbocycles. The number of carbonyl (C=O) groups is 2. The van der Waals surface area contributed by atoms with Gasteiger partial charge < -0.3 is 19.9 Å². The number of nitrogens with zero attached hydrogens (tertiary/aromatic N) is 2. The fraction of sp³-hybridized carbons (Fsp3) is 0.636. The molecule has 3 aliphatic heterocycles. The molecule has 28 heavy (non-hydrogen) atoms. The average molecular weight is 383 g/mol. The van der Waals surface area contributed by atoms with E-state index in [-0.39, 0.29) is 11.9 Å². The Hall–Kier alpha value is -2.24. The Morgan fingerprint density at radius 2 is 1.86 bits per heavy atom. The zero-order valence-corrected chi connectivity index (χ0v) is 16.5. The molecule has 1 aromatic rings. The van der Waals surface area contributed by atoms with Crippen LogP contribution in [0.15, 0.2) is 18.2 Å². The van der Waals surface area contributed by atoms with Crippen LogP contribution >= 0.6 is 0 Å². The van der Waals surface area contributed by atoms with Crippen LogP contribution in [0.2, 0.25) is 0 Å². The fourth-order valence-corrected chi connectivity index (χ4v) is 6.11. The summed E-state index contributed by atoms with van der Waals surface area (Å²) in [6.45, 7) is 1.59. The summed E-state index contributed by atoms with van der Waals surface area (Å²) in [4.78, 5) is 29.2. The number of anilines is 2. The summed E-state index contributed by atoms with van der Waals surface area (Å²) in [6, 6.07) is 5.96. The second kappa shape index (κ2) is 6.98. The van der Waals surface area contributed by atoms with E-state index in [1.54, 1.807) is 12.0 Å². The molecule has 1 N–H and O–H groups in total. The molecular formula is C22H29N3O3. The molecule has 3 heterocycles. The molecule has 150 valence electrons. The van der Waals surface area contributed by atoms with E-state index in [0.717, 1.165) is 49.0 Å². The Labute approximate surface area is 166 Å². The number of rotatable bonds is 3. The predicted octanol–water partition coefficient (Wildman–Crippen LogP) is 3.86. The van der Waals surface area contributed by atoms with E-state index < -0.39 is 0 Å². The van der Waals surface area contributed by atoms with Gasteiger partial charge >= 0.3 is 6.03 Å². The normalized spacial score (nSPS) is 31.2. The summed E-state index contributed by atoms with van der Waals surface area (Å²) in [6.07, 6.45) is 7.71. The molecule has 6 rings (SSSR count). The van der Waals surface area contributed by atoms with Crippen molar-refractivity contribution in [3.8, 4) is 5.75 Å². The molecule has 3 amide bonds. The molecule has 2 unspecified atom stereocenters. The van der Waals surface area contributed by atoms with Crippen molar-refractivity contribution < 1.29 is 14.3 Å². The number of hydrogen-bond donors (Lipinski definition) is 1. The highest BCUT2D eigenvalue weighted by Gasteiger charge is 2.44. The summed E-state index contributed by atoms with van der Waals surface area (Å²) in [7, 11) is 1.61. The molecule has 2 aliphatic carbocycles. The van der Waals surface area contributed by atoms with Gasteiger partial charge in [-0.15, -0.1) is 0 Å². The van der Waals surface area contributed by atoms with Crippen molar-refractivity contribution in [1.29, 1.82) is 0 Å². The topological polar surface area (TPSA) is 61.9 Å². The number of carbonyl (C=O) groups excluding carboxylic acids is 2. The lowest BCUT2D eigenvalue weighted by Gasteiger charge is -2.38. The van der Waals surface area contributed by atoms with Gasteiger partial charge in [0, 0.05) is 31.2 Å². The zero-order valence-electron chi connectivity index (χ0n) is 16.5. The first-order valence-corrected chi connectivity index (χ1v) is 10.7. The second-order valence-electron chi connectivity index (χ2n) is 9.05. The molecule has 5 aliphatic rings. The van der Waals surface area contributed by atoms with Crippen molar-refractivity contribution in [3.63, 3.8) is 0 Å². The second-order valence-corrected chi connectivity index (χ2v) is 9.05. The summed E-state index contributed by atoms with van der Waals surface area (Å²) >= 11 is 0. The standard InChI is InChI=1S/C22H29N3O3/c1-28-20-5-4-17(12-19(20)24-6-2-3-21(24)26)23-22(27)25-13-16-8-14-7-15(9-16)11-18(25)10-14/h4-5,12,14-16,18H,2-3,6-11,13H2,1H3,(H,23,27). The Bertz CT molecular complexity index is 781. The molecule has 2 atom stereocenters. The average Bonchev–Trinajstić information content (AvgIpc) is 3.00. The lowest BCUT2D eigenvalue weighted by Crippen LogP contribution is -2.44. The monoisotopic (exact) mass is 383 g/mol. The molecule has 4 bridgehead atoms. The molecule has 6 nitrogen and oxygen atoms in total. The van der Waals surface area contributed by atoms with Gasteiger partial charge in [-0.2, -0.15) is 0 Å². The predicted molar refractivity (Wildman–Crippen MR) is 108 cm³/mol. The summed E-state index contributed by atoms with van der Waals surface area (Å²) in [5.41, 5.74) is 1.48. The lowest BCUT2D eigenvalue weighted by molar-refractivity contribution is -0.117. The molecule has 5 fully saturated rings. The van der Waals surface area contributed by atoms with E-state index in [1.807, 2.05) is 18.2 Å². The number of nitrogens with one attached hydrogen (secondary N) is 1. The molecule has 0 radical (unpaired) electrons. The third-order valence-corrected chi connectivity index (χ3v) is 7.16. The van der Waals surface area contributed by atoms with Gasteiger partial charge in [0.05, 0.1) is 12.8 Å². The van der Waals surface area contributed by atoms with Crippen LogP contribution in [-0.2, 0) is 4.79 Å². The van der Waals surface area contributed by atoms with Gasteiger partial charge in [0.25, 0.3) is 0 Å². The van der Waals surface area contributed by atoms with E-state index in [0.29, 0.717) is 30.7 Å². The molecule has 3 saturated heterocycles. The van der Waals surface area contributed by atoms with Gasteiger partial charge in [-0.05, 0) is 74.5 Å². The van der Waals surface area contributed by atoms with Crippen LogP contribution in [0, 0.1) is 17.8 Å². The summed E-state index contributed by atoms with van der Waals surface area (Å²) in [5.74, 6) is 3.07. The van der Waals surface area contributed by atoms with Crippen molar-refractivity contribution >= 4 is 23.3 Å². The van der Waals surface area contributed by atoms with Crippen molar-refractivity contribution in [2.45, 2.75) is 51.0 Å². The van der Waals surface area contributed by atoms with Crippen LogP contribution in [0.1, 0.15) is 44.9 Å². The maximum Gasteiger partial charge on any atom is 0.322 e. The first kappa shape index (κ1) is 17.8. The van der Waals surface area contributed by atoms with Gasteiger partial charge in [0.15, 0.2) is 0 Å². The van der Waals surface area contributed by atoms with Gasteiger partial charge in [-0.25, -0.2) is 4.79 Å². The van der Waals surface area contributed by atoms with Crippen LogP contribution in [0.25, 0.3) is 0 Å². The smallest absolute Gasteiger partial charge is 0.322 e. The first-order valence-electron chi connectivity index (χ1n) is 10.7. The van der Waals surface area contributed by atoms with Crippen molar-refractivity contribution in [1.82, 2.24) is 4.90 Å². The molecule has 1 aromatic carbocycles. The van der Waals surface area contributed by atoms with E-state index in [2.05, 4.69) is 10.2 Å². The summed E-state index contributed by atoms with van der Waals surface area (Å²) in [5, 5.41) is 3.11. The van der Waals surface area contributed by atoms with E-state index in [9.17, 15) is 9.59 Å². The highest BCUT2D eigenvalue weighted by Crippen LogP contribution is 2.47. The van der Waals surface area contributed by atoms with Crippen molar-refractivity contribution in [2.75, 3.05) is 30.4 Å². The first-order chi connectivity index (χ1) is 13.6. The van der Waals surface area contributed by atoms with Crippen LogP contribution < -0.4 is 15.0 Å². The summed E-state index contributed by atoms with van der Waals surface area (Å²) < 4.78 is 5.46. The minimum absolute atomic E-state index is 0.00191. The Kier molecular flexibility index (Phi) is 4.44. The molecule has 6 heteroatoms. The van der Waals surface area contributed by atoms with E-state index >= 15 is 0 Å². The number of ether oxygens (including phenoxy) is 1. The van der Waals surface area contributed by atoms with E-state index in [1.165, 1.54) is 19.3 Å². The zero-order chi connectivity index (χ0) is 19.3. The molecule has 0 aromatic heterocycles. The van der Waals surface area contributed by atoms with Crippen LogP contribution in [0.4, 0.5) is 16.2 Å². The third-order valence-electron chi connectivity index (χ3n) is 7.16. The van der Waals surface area contributed by atoms with Crippen molar-refractivity contribution in [2.24, 2.45) is 17.8 Å². The van der Waals surface area contributed by atoms with Gasteiger partial charge in [-0.1, -0.05) is 0 Å². The van der Waals surface area contributed by atoms with Crippen LogP contribution in [0.5, 0.6) is 5.75 Å². The largest absolute Gasteiger partial charge is 0.495 e. The lowest BCUT2D eigenvalue weighted by atomic mass is 9.68. The quantitative estimate of drug-likeness (QED) is 0.862. The Balaban J connectivity index is 1.36. The minimum atomic E-state index is 0.00191. The Morgan fingerprint density at radius 3 is 2.54 bits per heavy atom. The number of amides is 3. The fourth-order valence-electron chi connectivity index (χ4n) is 6.11. The maximum atomic E-state index is 13.1. The minimum Gasteiger partial charge on any atom is -0.495 e. The number of benzene rings is 1. The number of urea groups is 1. The van der Waals surface area contributed by atoms with Gasteiger partial charge in [0.1, 0.15) is 5.75 Å². The number of methoxy groups -OCH3 is 1. The number of hydrogen-bond acceptors (Lipinski definition) is 3. The van der Waals surface area contributed by atoms with Gasteiger partial charge in [-0.3, -0.25) is 4.79 Å². The molecular weight excluding hydrogens is 354 g/mol. The highest BCUT2D eigenvalue weighted by molar-refractivity contribution is 5.98. The van der Waals surface area contributed by atoms with Gasteiger partial charge in [0.2, 0.25) is 5.91 Å². The van der Waals surface area contributed by atoms with Crippen LogP contribution in [-0.4, -0.2) is 43.1 Å². The Morgan fingerprint density at radius 1 is 1.11 bits per heavy atom. The number of fused-ring (bicyclic) bond motifs is 1. The van der Waals surface area contributed by atoms with Crippen LogP contribution in [0.3, 0.4) is 0 Å². The molecule has 0 spiro atoms. The highest BCUT2D eigenvalue weighted by atomic mass is 16.5. The van der Waals surface area contributed by atoms with Crippen molar-refractivity contribution in [3.05, 3.63) is 18.2 Å². The third kappa shape index (κ3) is 3.12. The van der Waals surface area contributed by atoms with E-state index in [4.69, 9.17) is 4.74 Å². The maximum absolute atomic E-state index is 13.1.